The average molecular weight is 497 g/mol. The molecule has 1 rings (SSSR count). The van der Waals surface area contributed by atoms with Crippen LogP contribution in [0.25, 0.3) is 0 Å². The van der Waals surface area contributed by atoms with Crippen molar-refractivity contribution >= 4 is 29.9 Å². The van der Waals surface area contributed by atoms with Crippen LogP contribution in [0.4, 0.5) is 8.78 Å². The Morgan fingerprint density at radius 1 is 1.19 bits per heavy atom. The highest BCUT2D eigenvalue weighted by molar-refractivity contribution is 14.0. The monoisotopic (exact) mass is 497 g/mol. The van der Waals surface area contributed by atoms with Gasteiger partial charge >= 0.3 is 0 Å². The van der Waals surface area contributed by atoms with Gasteiger partial charge in [0, 0.05) is 38.2 Å². The van der Waals surface area contributed by atoms with Crippen molar-refractivity contribution in [2.75, 3.05) is 26.2 Å². The first kappa shape index (κ1) is 26.0. The summed E-state index contributed by atoms with van der Waals surface area (Å²) in [5, 5.41) is 15.6. The van der Waals surface area contributed by atoms with E-state index in [-0.39, 0.29) is 36.5 Å². The Kier molecular flexibility index (Phi) is 13.6. The topological polar surface area (TPSA) is 56.7 Å². The summed E-state index contributed by atoms with van der Waals surface area (Å²) < 4.78 is 26.9. The third kappa shape index (κ3) is 10.2. The average Bonchev–Trinajstić information content (AvgIpc) is 2.56. The van der Waals surface area contributed by atoms with E-state index in [0.29, 0.717) is 36.4 Å². The maximum absolute atomic E-state index is 13.9. The van der Waals surface area contributed by atoms with Crippen LogP contribution in [0.5, 0.6) is 0 Å². The van der Waals surface area contributed by atoms with Gasteiger partial charge < -0.3 is 15.7 Å². The van der Waals surface area contributed by atoms with Crippen molar-refractivity contribution in [2.45, 2.75) is 46.5 Å². The fourth-order valence-corrected chi connectivity index (χ4v) is 2.96. The maximum atomic E-state index is 13.9. The highest BCUT2D eigenvalue weighted by Gasteiger charge is 2.14. The quantitative estimate of drug-likeness (QED) is 0.257. The predicted octanol–water partition coefficient (Wildman–Crippen LogP) is 4.29. The molecule has 7 heteroatoms. The molecule has 0 bridgehead atoms. The number of hydrogen-bond donors (Lipinski definition) is 3. The lowest BCUT2D eigenvalue weighted by atomic mass is 9.94. The predicted molar refractivity (Wildman–Crippen MR) is 119 cm³/mol. The second kappa shape index (κ2) is 14.1. The zero-order valence-corrected chi connectivity index (χ0v) is 19.1. The van der Waals surface area contributed by atoms with E-state index >= 15 is 0 Å². The van der Waals surface area contributed by atoms with Gasteiger partial charge in [0.15, 0.2) is 5.96 Å². The molecule has 0 spiro atoms. The van der Waals surface area contributed by atoms with Gasteiger partial charge in [-0.25, -0.2) is 8.78 Å². The molecule has 0 radical (unpaired) electrons. The summed E-state index contributed by atoms with van der Waals surface area (Å²) in [7, 11) is 0. The number of benzene rings is 1. The van der Waals surface area contributed by atoms with Crippen molar-refractivity contribution in [3.05, 3.63) is 35.4 Å². The van der Waals surface area contributed by atoms with Crippen LogP contribution < -0.4 is 10.6 Å². The van der Waals surface area contributed by atoms with Crippen LogP contribution >= 0.6 is 24.0 Å². The molecule has 1 aromatic carbocycles. The molecular weight excluding hydrogens is 463 g/mol. The van der Waals surface area contributed by atoms with Gasteiger partial charge in [-0.3, -0.25) is 4.99 Å². The molecule has 0 saturated heterocycles. The Morgan fingerprint density at radius 2 is 1.89 bits per heavy atom. The number of aliphatic imine (C=N–C) groups is 1. The molecule has 4 nitrogen and oxygen atoms in total. The lowest BCUT2D eigenvalue weighted by Crippen LogP contribution is -2.39. The molecule has 156 valence electrons. The standard InChI is InChI=1S/C20H33F2N3O.HI/c1-5-23-20(25-13-16(8-9-26)10-14(2)3)24-12-15(4)18-7-6-17(21)11-19(18)22;/h6-7,11,14-16,26H,5,8-10,12-13H2,1-4H3,(H2,23,24,25);1H. The molecule has 0 aliphatic heterocycles. The summed E-state index contributed by atoms with van der Waals surface area (Å²) in [5.41, 5.74) is 0.479. The van der Waals surface area contributed by atoms with Crippen LogP contribution in [0.3, 0.4) is 0 Å². The molecule has 0 fully saturated rings. The lowest BCUT2D eigenvalue weighted by Gasteiger charge is -2.19. The summed E-state index contributed by atoms with van der Waals surface area (Å²) in [6, 6.07) is 3.68. The molecule has 2 unspecified atom stereocenters. The molecule has 0 aromatic heterocycles. The Morgan fingerprint density at radius 3 is 2.44 bits per heavy atom. The number of aliphatic hydroxyl groups is 1. The van der Waals surface area contributed by atoms with Crippen molar-refractivity contribution in [1.82, 2.24) is 10.6 Å². The van der Waals surface area contributed by atoms with E-state index in [4.69, 9.17) is 0 Å². The van der Waals surface area contributed by atoms with Crippen molar-refractivity contribution < 1.29 is 13.9 Å². The Hall–Kier alpha value is -0.960. The van der Waals surface area contributed by atoms with Gasteiger partial charge in [-0.2, -0.15) is 0 Å². The van der Waals surface area contributed by atoms with Crippen LogP contribution in [-0.2, 0) is 0 Å². The van der Waals surface area contributed by atoms with Crippen LogP contribution in [0.15, 0.2) is 23.2 Å². The summed E-state index contributed by atoms with van der Waals surface area (Å²) in [6.07, 6.45) is 1.75. The van der Waals surface area contributed by atoms with Crippen LogP contribution in [0.2, 0.25) is 0 Å². The molecule has 0 aliphatic carbocycles. The number of aliphatic hydroxyl groups excluding tert-OH is 1. The maximum Gasteiger partial charge on any atom is 0.191 e. The molecule has 1 aromatic rings. The van der Waals surface area contributed by atoms with E-state index in [9.17, 15) is 13.9 Å². The van der Waals surface area contributed by atoms with E-state index in [2.05, 4.69) is 29.5 Å². The van der Waals surface area contributed by atoms with Gasteiger partial charge in [0.25, 0.3) is 0 Å². The van der Waals surface area contributed by atoms with Crippen molar-refractivity contribution in [3.8, 4) is 0 Å². The number of nitrogens with zero attached hydrogens (tertiary/aromatic N) is 1. The van der Waals surface area contributed by atoms with E-state index < -0.39 is 11.6 Å². The first-order valence-corrected chi connectivity index (χ1v) is 9.45. The van der Waals surface area contributed by atoms with Crippen molar-refractivity contribution in [1.29, 1.82) is 0 Å². The van der Waals surface area contributed by atoms with E-state index in [0.717, 1.165) is 25.5 Å². The van der Waals surface area contributed by atoms with Crippen molar-refractivity contribution in [3.63, 3.8) is 0 Å². The van der Waals surface area contributed by atoms with Gasteiger partial charge in [0.05, 0.1) is 0 Å². The number of guanidine groups is 1. The Balaban J connectivity index is 0.00000676. The normalized spacial score (nSPS) is 13.9. The molecular formula is C20H34F2IN3O. The molecule has 0 heterocycles. The SMILES string of the molecule is CCNC(=NCC(CCO)CC(C)C)NCC(C)c1ccc(F)cc1F.I. The fraction of sp³-hybridized carbons (Fsp3) is 0.650. The molecule has 0 saturated carbocycles. The minimum Gasteiger partial charge on any atom is -0.396 e. The smallest absolute Gasteiger partial charge is 0.191 e. The summed E-state index contributed by atoms with van der Waals surface area (Å²) in [4.78, 5) is 4.62. The van der Waals surface area contributed by atoms with Crippen LogP contribution in [0.1, 0.15) is 52.0 Å². The third-order valence-corrected chi connectivity index (χ3v) is 4.26. The molecule has 0 aliphatic rings. The van der Waals surface area contributed by atoms with Gasteiger partial charge in [0.2, 0.25) is 0 Å². The number of hydrogen-bond acceptors (Lipinski definition) is 2. The lowest BCUT2D eigenvalue weighted by molar-refractivity contribution is 0.245. The summed E-state index contributed by atoms with van der Waals surface area (Å²) >= 11 is 0. The Bertz CT molecular complexity index is 570. The molecule has 2 atom stereocenters. The molecule has 27 heavy (non-hydrogen) atoms. The van der Waals surface area contributed by atoms with Gasteiger partial charge in [-0.1, -0.05) is 26.8 Å². The number of rotatable bonds is 10. The van der Waals surface area contributed by atoms with E-state index in [1.807, 2.05) is 13.8 Å². The number of halogens is 3. The minimum absolute atomic E-state index is 0. The Labute approximate surface area is 179 Å². The largest absolute Gasteiger partial charge is 0.396 e. The zero-order valence-electron chi connectivity index (χ0n) is 16.8. The number of nitrogens with one attached hydrogen (secondary N) is 2. The molecule has 0 amide bonds. The summed E-state index contributed by atoms with van der Waals surface area (Å²) in [6.45, 7) is 10.2. The van der Waals surface area contributed by atoms with Gasteiger partial charge in [0.1, 0.15) is 11.6 Å². The first-order chi connectivity index (χ1) is 12.4. The zero-order chi connectivity index (χ0) is 19.5. The first-order valence-electron chi connectivity index (χ1n) is 9.45. The van der Waals surface area contributed by atoms with Gasteiger partial charge in [-0.15, -0.1) is 24.0 Å². The molecule has 3 N–H and O–H groups in total. The third-order valence-electron chi connectivity index (χ3n) is 4.26. The van der Waals surface area contributed by atoms with E-state index in [1.165, 1.54) is 12.1 Å². The second-order valence-electron chi connectivity index (χ2n) is 7.18. The second-order valence-corrected chi connectivity index (χ2v) is 7.18. The fourth-order valence-electron chi connectivity index (χ4n) is 2.96. The van der Waals surface area contributed by atoms with E-state index in [1.54, 1.807) is 0 Å². The minimum atomic E-state index is -0.568. The van der Waals surface area contributed by atoms with Crippen molar-refractivity contribution in [2.24, 2.45) is 16.8 Å². The van der Waals surface area contributed by atoms with Crippen LogP contribution in [-0.4, -0.2) is 37.3 Å². The highest BCUT2D eigenvalue weighted by Crippen LogP contribution is 2.19. The van der Waals surface area contributed by atoms with Gasteiger partial charge in [-0.05, 0) is 43.2 Å². The highest BCUT2D eigenvalue weighted by atomic mass is 127. The van der Waals surface area contributed by atoms with Crippen LogP contribution in [0, 0.1) is 23.5 Å². The summed E-state index contributed by atoms with van der Waals surface area (Å²) in [5.74, 6) is 0.348.